The predicted molar refractivity (Wildman–Crippen MR) is 68.3 cm³/mol. The Kier molecular flexibility index (Phi) is 2.51. The molecule has 0 aliphatic heterocycles. The molecule has 18 heavy (non-hydrogen) atoms. The lowest BCUT2D eigenvalue weighted by atomic mass is 10.1. The number of nitrogens with zero attached hydrogens (tertiary/aromatic N) is 1. The second kappa shape index (κ2) is 4.05. The summed E-state index contributed by atoms with van der Waals surface area (Å²) in [5.41, 5.74) is 1.24. The van der Waals surface area contributed by atoms with E-state index < -0.39 is 5.97 Å². The van der Waals surface area contributed by atoms with Gasteiger partial charge in [0.1, 0.15) is 5.75 Å². The van der Waals surface area contributed by atoms with Crippen LogP contribution in [0.5, 0.6) is 5.75 Å². The largest absolute Gasteiger partial charge is 0.493 e. The summed E-state index contributed by atoms with van der Waals surface area (Å²) < 4.78 is 7.70. The van der Waals surface area contributed by atoms with Gasteiger partial charge in [0.15, 0.2) is 0 Å². The Labute approximate surface area is 105 Å². The van der Waals surface area contributed by atoms with E-state index in [2.05, 4.69) is 4.57 Å². The monoisotopic (exact) mass is 245 g/mol. The van der Waals surface area contributed by atoms with Crippen molar-refractivity contribution in [1.82, 2.24) is 4.57 Å². The maximum atomic E-state index is 11.2. The zero-order chi connectivity index (χ0) is 12.7. The Morgan fingerprint density at radius 1 is 1.50 bits per heavy atom. The van der Waals surface area contributed by atoms with E-state index in [1.807, 2.05) is 19.2 Å². The highest BCUT2D eigenvalue weighted by Crippen LogP contribution is 2.40. The first-order valence-corrected chi connectivity index (χ1v) is 6.21. The van der Waals surface area contributed by atoms with Gasteiger partial charge in [-0.1, -0.05) is 0 Å². The van der Waals surface area contributed by atoms with Gasteiger partial charge in [-0.2, -0.15) is 0 Å². The van der Waals surface area contributed by atoms with Crippen molar-refractivity contribution in [2.75, 3.05) is 6.61 Å². The number of ether oxygens (including phenoxy) is 1. The molecule has 3 rings (SSSR count). The van der Waals surface area contributed by atoms with E-state index in [0.717, 1.165) is 10.9 Å². The molecule has 0 unspecified atom stereocenters. The smallest absolute Gasteiger partial charge is 0.335 e. The maximum absolute atomic E-state index is 11.2. The summed E-state index contributed by atoms with van der Waals surface area (Å²) >= 11 is 0. The topological polar surface area (TPSA) is 51.5 Å². The number of carboxylic acid groups (broad SMARTS) is 1. The SMILES string of the molecule is CCOc1cc(C(=O)O)cc2c1ccn2C1CC1. The van der Waals surface area contributed by atoms with Crippen LogP contribution in [0.2, 0.25) is 0 Å². The second-order valence-corrected chi connectivity index (χ2v) is 4.60. The fraction of sp³-hybridized carbons (Fsp3) is 0.357. The number of hydrogen-bond acceptors (Lipinski definition) is 2. The minimum atomic E-state index is -0.915. The van der Waals surface area contributed by atoms with Crippen molar-refractivity contribution in [3.8, 4) is 5.75 Å². The number of aromatic nitrogens is 1. The van der Waals surface area contributed by atoms with Crippen LogP contribution in [0.1, 0.15) is 36.2 Å². The molecule has 1 aliphatic carbocycles. The Morgan fingerprint density at radius 3 is 2.89 bits per heavy atom. The van der Waals surface area contributed by atoms with Crippen molar-refractivity contribution >= 4 is 16.9 Å². The van der Waals surface area contributed by atoms with Crippen LogP contribution < -0.4 is 4.74 Å². The van der Waals surface area contributed by atoms with Gasteiger partial charge >= 0.3 is 5.97 Å². The molecule has 4 nitrogen and oxygen atoms in total. The molecule has 1 aromatic carbocycles. The molecule has 1 N–H and O–H groups in total. The molecule has 1 fully saturated rings. The molecule has 2 aromatic rings. The first-order chi connectivity index (χ1) is 8.70. The zero-order valence-corrected chi connectivity index (χ0v) is 10.2. The summed E-state index contributed by atoms with van der Waals surface area (Å²) in [5, 5.41) is 10.1. The number of aromatic carboxylic acids is 1. The van der Waals surface area contributed by atoms with Crippen LogP contribution in [-0.2, 0) is 0 Å². The number of fused-ring (bicyclic) bond motifs is 1. The molecule has 0 atom stereocenters. The molecule has 1 heterocycles. The number of benzene rings is 1. The van der Waals surface area contributed by atoms with Gasteiger partial charge in [0.25, 0.3) is 0 Å². The number of rotatable bonds is 4. The number of carboxylic acids is 1. The quantitative estimate of drug-likeness (QED) is 0.900. The summed E-state index contributed by atoms with van der Waals surface area (Å²) in [4.78, 5) is 11.2. The average molecular weight is 245 g/mol. The lowest BCUT2D eigenvalue weighted by Gasteiger charge is -2.08. The molecule has 4 heteroatoms. The molecule has 0 saturated heterocycles. The van der Waals surface area contributed by atoms with Gasteiger partial charge in [0.05, 0.1) is 17.7 Å². The molecule has 0 bridgehead atoms. The van der Waals surface area contributed by atoms with Gasteiger partial charge in [-0.05, 0) is 38.0 Å². The van der Waals surface area contributed by atoms with Crippen LogP contribution in [0.3, 0.4) is 0 Å². The average Bonchev–Trinajstić information content (AvgIpc) is 3.09. The molecule has 1 saturated carbocycles. The van der Waals surface area contributed by atoms with Crippen molar-refractivity contribution in [3.05, 3.63) is 30.0 Å². The van der Waals surface area contributed by atoms with Crippen molar-refractivity contribution in [1.29, 1.82) is 0 Å². The lowest BCUT2D eigenvalue weighted by Crippen LogP contribution is -2.00. The fourth-order valence-electron chi connectivity index (χ4n) is 2.30. The van der Waals surface area contributed by atoms with Gasteiger partial charge in [0, 0.05) is 17.6 Å². The summed E-state index contributed by atoms with van der Waals surface area (Å²) in [5.74, 6) is -0.256. The summed E-state index contributed by atoms with van der Waals surface area (Å²) in [6.07, 6.45) is 4.37. The van der Waals surface area contributed by atoms with Crippen LogP contribution in [0.4, 0.5) is 0 Å². The Bertz CT molecular complexity index is 611. The van der Waals surface area contributed by atoms with Crippen molar-refractivity contribution in [2.45, 2.75) is 25.8 Å². The van der Waals surface area contributed by atoms with Crippen LogP contribution in [-0.4, -0.2) is 22.2 Å². The summed E-state index contributed by atoms with van der Waals surface area (Å²) in [7, 11) is 0. The first kappa shape index (κ1) is 11.1. The van der Waals surface area contributed by atoms with Crippen LogP contribution in [0.15, 0.2) is 24.4 Å². The maximum Gasteiger partial charge on any atom is 0.335 e. The highest BCUT2D eigenvalue weighted by Gasteiger charge is 2.25. The molecule has 0 radical (unpaired) electrons. The Morgan fingerprint density at radius 2 is 2.28 bits per heavy atom. The highest BCUT2D eigenvalue weighted by molar-refractivity contribution is 5.96. The van der Waals surface area contributed by atoms with Crippen LogP contribution >= 0.6 is 0 Å². The van der Waals surface area contributed by atoms with Gasteiger partial charge in [-0.25, -0.2) is 4.79 Å². The number of hydrogen-bond donors (Lipinski definition) is 1. The second-order valence-electron chi connectivity index (χ2n) is 4.60. The van der Waals surface area contributed by atoms with Gasteiger partial charge in [0.2, 0.25) is 0 Å². The van der Waals surface area contributed by atoms with E-state index >= 15 is 0 Å². The first-order valence-electron chi connectivity index (χ1n) is 6.21. The standard InChI is InChI=1S/C14H15NO3/c1-2-18-13-8-9(14(16)17)7-12-11(13)5-6-15(12)10-3-4-10/h5-8,10H,2-4H2,1H3,(H,16,17). The molecule has 0 amide bonds. The third-order valence-electron chi connectivity index (χ3n) is 3.29. The molecular weight excluding hydrogens is 230 g/mol. The lowest BCUT2D eigenvalue weighted by molar-refractivity contribution is 0.0696. The third-order valence-corrected chi connectivity index (χ3v) is 3.29. The molecule has 0 spiro atoms. The Hall–Kier alpha value is -1.97. The summed E-state index contributed by atoms with van der Waals surface area (Å²) in [6, 6.07) is 5.87. The van der Waals surface area contributed by atoms with E-state index in [4.69, 9.17) is 9.84 Å². The summed E-state index contributed by atoms with van der Waals surface area (Å²) in [6.45, 7) is 2.43. The minimum Gasteiger partial charge on any atom is -0.493 e. The van der Waals surface area contributed by atoms with Gasteiger partial charge < -0.3 is 14.4 Å². The predicted octanol–water partition coefficient (Wildman–Crippen LogP) is 3.07. The van der Waals surface area contributed by atoms with E-state index in [0.29, 0.717) is 18.4 Å². The van der Waals surface area contributed by atoms with Gasteiger partial charge in [-0.15, -0.1) is 0 Å². The van der Waals surface area contributed by atoms with E-state index in [-0.39, 0.29) is 5.56 Å². The van der Waals surface area contributed by atoms with Crippen LogP contribution in [0.25, 0.3) is 10.9 Å². The third kappa shape index (κ3) is 1.74. The fourth-order valence-corrected chi connectivity index (χ4v) is 2.30. The zero-order valence-electron chi connectivity index (χ0n) is 10.2. The Balaban J connectivity index is 2.21. The highest BCUT2D eigenvalue weighted by atomic mass is 16.5. The van der Waals surface area contributed by atoms with Crippen molar-refractivity contribution in [3.63, 3.8) is 0 Å². The molecular formula is C14H15NO3. The van der Waals surface area contributed by atoms with E-state index in [9.17, 15) is 4.79 Å². The van der Waals surface area contributed by atoms with Crippen molar-refractivity contribution in [2.24, 2.45) is 0 Å². The minimum absolute atomic E-state index is 0.284. The van der Waals surface area contributed by atoms with E-state index in [1.165, 1.54) is 12.8 Å². The van der Waals surface area contributed by atoms with Gasteiger partial charge in [-0.3, -0.25) is 0 Å². The molecule has 94 valence electrons. The normalized spacial score (nSPS) is 14.9. The molecule has 1 aromatic heterocycles. The van der Waals surface area contributed by atoms with Crippen LogP contribution in [0, 0.1) is 0 Å². The molecule has 1 aliphatic rings. The van der Waals surface area contributed by atoms with Crippen molar-refractivity contribution < 1.29 is 14.6 Å². The van der Waals surface area contributed by atoms with E-state index in [1.54, 1.807) is 12.1 Å². The number of carbonyl (C=O) groups is 1.